The lowest BCUT2D eigenvalue weighted by Crippen LogP contribution is -2.02. The average Bonchev–Trinajstić information content (AvgIpc) is 2.34. The van der Waals surface area contributed by atoms with Crippen molar-refractivity contribution < 1.29 is 23.1 Å². The van der Waals surface area contributed by atoms with Gasteiger partial charge in [-0.1, -0.05) is 0 Å². The lowest BCUT2D eigenvalue weighted by Gasteiger charge is -2.07. The van der Waals surface area contributed by atoms with Crippen molar-refractivity contribution in [2.45, 2.75) is 0 Å². The van der Waals surface area contributed by atoms with Gasteiger partial charge in [0.05, 0.1) is 5.56 Å². The van der Waals surface area contributed by atoms with Crippen LogP contribution >= 0.6 is 0 Å². The second-order valence-electron chi connectivity index (χ2n) is 3.47. The number of halogens is 3. The predicted molar refractivity (Wildman–Crippen MR) is 56.5 cm³/mol. The van der Waals surface area contributed by atoms with E-state index in [2.05, 4.69) is 4.98 Å². The zero-order valence-corrected chi connectivity index (χ0v) is 8.82. The van der Waals surface area contributed by atoms with Crippen LogP contribution in [0.5, 0.6) is 0 Å². The summed E-state index contributed by atoms with van der Waals surface area (Å²) in [6.07, 6.45) is 2.30. The highest BCUT2D eigenvalue weighted by molar-refractivity contribution is 5.95. The van der Waals surface area contributed by atoms with E-state index in [-0.39, 0.29) is 16.7 Å². The van der Waals surface area contributed by atoms with Crippen LogP contribution in [-0.2, 0) is 0 Å². The highest BCUT2D eigenvalue weighted by Crippen LogP contribution is 2.27. The first-order chi connectivity index (χ1) is 8.50. The van der Waals surface area contributed by atoms with Crippen LogP contribution in [-0.4, -0.2) is 16.1 Å². The molecule has 0 saturated carbocycles. The van der Waals surface area contributed by atoms with Gasteiger partial charge in [-0.3, -0.25) is 4.98 Å². The van der Waals surface area contributed by atoms with Crippen molar-refractivity contribution in [1.82, 2.24) is 4.98 Å². The third kappa shape index (κ3) is 2.04. The minimum atomic E-state index is -1.34. The third-order valence-corrected chi connectivity index (χ3v) is 2.35. The Morgan fingerprint density at radius 3 is 2.39 bits per heavy atom. The fourth-order valence-electron chi connectivity index (χ4n) is 1.52. The van der Waals surface area contributed by atoms with Crippen molar-refractivity contribution >= 4 is 5.97 Å². The highest BCUT2D eigenvalue weighted by Gasteiger charge is 2.17. The number of benzene rings is 1. The summed E-state index contributed by atoms with van der Waals surface area (Å²) in [7, 11) is 0. The van der Waals surface area contributed by atoms with Gasteiger partial charge in [-0.05, 0) is 12.1 Å². The molecule has 0 aliphatic rings. The molecule has 2 rings (SSSR count). The molecule has 92 valence electrons. The fraction of sp³-hybridized carbons (Fsp3) is 0. The summed E-state index contributed by atoms with van der Waals surface area (Å²) in [6, 6.07) is 2.12. The predicted octanol–water partition coefficient (Wildman–Crippen LogP) is 2.86. The Labute approximate surface area is 99.5 Å². The van der Waals surface area contributed by atoms with Gasteiger partial charge in [0.1, 0.15) is 5.82 Å². The molecule has 0 unspecified atom stereocenters. The summed E-state index contributed by atoms with van der Waals surface area (Å²) in [5.41, 5.74) is -0.698. The standard InChI is InChI=1S/C12H6F3NO2/c13-9-4-11(15)10(14)3-7(9)8-5-16-2-1-6(8)12(17)18/h1-5H,(H,17,18). The Hall–Kier alpha value is -2.37. The van der Waals surface area contributed by atoms with Crippen molar-refractivity contribution in [1.29, 1.82) is 0 Å². The van der Waals surface area contributed by atoms with Crippen LogP contribution in [0.3, 0.4) is 0 Å². The van der Waals surface area contributed by atoms with Crippen LogP contribution in [0.4, 0.5) is 13.2 Å². The SMILES string of the molecule is O=C(O)c1ccncc1-c1cc(F)c(F)cc1F. The molecule has 0 spiro atoms. The van der Waals surface area contributed by atoms with E-state index < -0.39 is 23.4 Å². The molecule has 6 heteroatoms. The van der Waals surface area contributed by atoms with Gasteiger partial charge in [-0.25, -0.2) is 18.0 Å². The summed E-state index contributed by atoms with van der Waals surface area (Å²) in [6.45, 7) is 0. The number of aromatic nitrogens is 1. The maximum atomic E-state index is 13.5. The summed E-state index contributed by atoms with van der Waals surface area (Å²) in [5, 5.41) is 8.92. The van der Waals surface area contributed by atoms with Gasteiger partial charge in [-0.2, -0.15) is 0 Å². The zero-order valence-electron chi connectivity index (χ0n) is 8.82. The molecule has 1 aromatic carbocycles. The van der Waals surface area contributed by atoms with E-state index in [1.807, 2.05) is 0 Å². The Morgan fingerprint density at radius 1 is 1.06 bits per heavy atom. The van der Waals surface area contributed by atoms with Gasteiger partial charge in [0.25, 0.3) is 0 Å². The number of aromatic carboxylic acids is 1. The Balaban J connectivity index is 2.69. The topological polar surface area (TPSA) is 50.2 Å². The molecule has 0 bridgehead atoms. The molecule has 3 nitrogen and oxygen atoms in total. The van der Waals surface area contributed by atoms with Crippen molar-refractivity contribution in [3.05, 3.63) is 53.6 Å². The summed E-state index contributed by atoms with van der Waals surface area (Å²) in [4.78, 5) is 14.6. The number of carboxylic acid groups (broad SMARTS) is 1. The summed E-state index contributed by atoms with van der Waals surface area (Å²) < 4.78 is 39.4. The largest absolute Gasteiger partial charge is 0.478 e. The Bertz CT molecular complexity index is 629. The number of hydrogen-bond donors (Lipinski definition) is 1. The average molecular weight is 253 g/mol. The van der Waals surface area contributed by atoms with E-state index in [1.165, 1.54) is 6.20 Å². The van der Waals surface area contributed by atoms with Crippen LogP contribution in [0.1, 0.15) is 10.4 Å². The Kier molecular flexibility index (Phi) is 3.01. The number of carbonyl (C=O) groups is 1. The monoisotopic (exact) mass is 253 g/mol. The van der Waals surface area contributed by atoms with Gasteiger partial charge in [0, 0.05) is 29.6 Å². The molecule has 0 aliphatic carbocycles. The molecule has 1 N–H and O–H groups in total. The van der Waals surface area contributed by atoms with E-state index in [4.69, 9.17) is 5.11 Å². The quantitative estimate of drug-likeness (QED) is 0.837. The van der Waals surface area contributed by atoms with E-state index in [1.54, 1.807) is 0 Å². The van der Waals surface area contributed by atoms with Gasteiger partial charge < -0.3 is 5.11 Å². The van der Waals surface area contributed by atoms with Crippen molar-refractivity contribution in [3.63, 3.8) is 0 Å². The number of carboxylic acids is 1. The zero-order chi connectivity index (χ0) is 13.3. The number of pyridine rings is 1. The second-order valence-corrected chi connectivity index (χ2v) is 3.47. The molecule has 0 amide bonds. The first-order valence-corrected chi connectivity index (χ1v) is 4.83. The molecule has 2 aromatic rings. The molecule has 0 saturated heterocycles. The summed E-state index contributed by atoms with van der Waals surface area (Å²) >= 11 is 0. The van der Waals surface area contributed by atoms with Gasteiger partial charge in [-0.15, -0.1) is 0 Å². The van der Waals surface area contributed by atoms with Crippen molar-refractivity contribution in [3.8, 4) is 11.1 Å². The fourth-order valence-corrected chi connectivity index (χ4v) is 1.52. The molecule has 1 aromatic heterocycles. The van der Waals surface area contributed by atoms with E-state index in [0.29, 0.717) is 12.1 Å². The maximum absolute atomic E-state index is 13.5. The van der Waals surface area contributed by atoms with E-state index >= 15 is 0 Å². The second kappa shape index (κ2) is 4.48. The smallest absolute Gasteiger partial charge is 0.336 e. The first-order valence-electron chi connectivity index (χ1n) is 4.83. The third-order valence-electron chi connectivity index (χ3n) is 2.35. The molecule has 0 atom stereocenters. The van der Waals surface area contributed by atoms with Crippen molar-refractivity contribution in [2.24, 2.45) is 0 Å². The van der Waals surface area contributed by atoms with E-state index in [9.17, 15) is 18.0 Å². The lowest BCUT2D eigenvalue weighted by molar-refractivity contribution is 0.0697. The highest BCUT2D eigenvalue weighted by atomic mass is 19.2. The van der Waals surface area contributed by atoms with Crippen LogP contribution in [0.15, 0.2) is 30.6 Å². The minimum absolute atomic E-state index is 0.110. The van der Waals surface area contributed by atoms with Crippen molar-refractivity contribution in [2.75, 3.05) is 0 Å². The van der Waals surface area contributed by atoms with Crippen LogP contribution in [0.25, 0.3) is 11.1 Å². The number of nitrogens with zero attached hydrogens (tertiary/aromatic N) is 1. The number of hydrogen-bond acceptors (Lipinski definition) is 2. The summed E-state index contributed by atoms with van der Waals surface area (Å²) in [5.74, 6) is -4.95. The molecular formula is C12H6F3NO2. The molecule has 0 radical (unpaired) electrons. The molecule has 18 heavy (non-hydrogen) atoms. The van der Waals surface area contributed by atoms with Crippen LogP contribution < -0.4 is 0 Å². The Morgan fingerprint density at radius 2 is 1.72 bits per heavy atom. The van der Waals surface area contributed by atoms with Gasteiger partial charge in [0.15, 0.2) is 11.6 Å². The lowest BCUT2D eigenvalue weighted by atomic mass is 10.0. The molecule has 0 fully saturated rings. The molecule has 0 aliphatic heterocycles. The van der Waals surface area contributed by atoms with E-state index in [0.717, 1.165) is 12.3 Å². The normalized spacial score (nSPS) is 10.4. The maximum Gasteiger partial charge on any atom is 0.336 e. The molecule has 1 heterocycles. The first kappa shape index (κ1) is 12.1. The van der Waals surface area contributed by atoms with Gasteiger partial charge in [0.2, 0.25) is 0 Å². The molecular weight excluding hydrogens is 247 g/mol. The van der Waals surface area contributed by atoms with Crippen LogP contribution in [0, 0.1) is 17.5 Å². The number of rotatable bonds is 2. The minimum Gasteiger partial charge on any atom is -0.478 e. The van der Waals surface area contributed by atoms with Crippen LogP contribution in [0.2, 0.25) is 0 Å². The van der Waals surface area contributed by atoms with Gasteiger partial charge >= 0.3 is 5.97 Å².